The highest BCUT2D eigenvalue weighted by Crippen LogP contribution is 2.27. The molecule has 1 aromatic heterocycles. The van der Waals surface area contributed by atoms with Crippen LogP contribution in [-0.2, 0) is 4.74 Å². The smallest absolute Gasteiger partial charge is 0.195 e. The van der Waals surface area contributed by atoms with Gasteiger partial charge < -0.3 is 9.64 Å². The van der Waals surface area contributed by atoms with E-state index in [1.165, 1.54) is 19.3 Å². The van der Waals surface area contributed by atoms with Gasteiger partial charge in [-0.25, -0.2) is 15.0 Å². The Morgan fingerprint density at radius 3 is 2.94 bits per heavy atom. The molecule has 0 N–H and O–H groups in total. The summed E-state index contributed by atoms with van der Waals surface area (Å²) in [6.45, 7) is 3.71. The molecule has 0 aromatic carbocycles. The highest BCUT2D eigenvalue weighted by molar-refractivity contribution is 5.77. The minimum absolute atomic E-state index is 0.746. The van der Waals surface area contributed by atoms with Crippen molar-refractivity contribution in [3.8, 4) is 0 Å². The number of hydrogen-bond donors (Lipinski definition) is 0. The van der Waals surface area contributed by atoms with Gasteiger partial charge in [0.05, 0.1) is 6.54 Å². The lowest BCUT2D eigenvalue weighted by molar-refractivity contribution is 0.0645. The van der Waals surface area contributed by atoms with Crippen LogP contribution in [0.1, 0.15) is 19.3 Å². The molecule has 2 aliphatic rings. The predicted molar refractivity (Wildman–Crippen MR) is 70.6 cm³/mol. The zero-order chi connectivity index (χ0) is 12.2. The molecule has 0 unspecified atom stereocenters. The van der Waals surface area contributed by atoms with Crippen molar-refractivity contribution in [2.24, 2.45) is 10.9 Å². The van der Waals surface area contributed by atoms with Gasteiger partial charge in [0.2, 0.25) is 0 Å². The molecule has 96 valence electrons. The van der Waals surface area contributed by atoms with Gasteiger partial charge >= 0.3 is 0 Å². The van der Waals surface area contributed by atoms with Crippen LogP contribution in [0, 0.1) is 5.92 Å². The fraction of sp³-hybridized carbons (Fsp3) is 0.615. The van der Waals surface area contributed by atoms with Crippen molar-refractivity contribution in [1.82, 2.24) is 9.97 Å². The first-order valence-corrected chi connectivity index (χ1v) is 6.60. The van der Waals surface area contributed by atoms with Crippen molar-refractivity contribution in [3.05, 3.63) is 12.4 Å². The van der Waals surface area contributed by atoms with E-state index >= 15 is 0 Å². The van der Waals surface area contributed by atoms with Crippen molar-refractivity contribution in [3.63, 3.8) is 0 Å². The molecule has 1 saturated heterocycles. The maximum Gasteiger partial charge on any atom is 0.195 e. The first-order valence-electron chi connectivity index (χ1n) is 6.60. The molecule has 0 saturated carbocycles. The van der Waals surface area contributed by atoms with E-state index < -0.39 is 0 Å². The first-order chi connectivity index (χ1) is 8.93. The summed E-state index contributed by atoms with van der Waals surface area (Å²) in [6.07, 6.45) is 8.93. The molecule has 0 atom stereocenters. The van der Waals surface area contributed by atoms with Crippen molar-refractivity contribution < 1.29 is 4.74 Å². The number of nitrogens with zero attached hydrogens (tertiary/aromatic N) is 4. The molecule has 5 heteroatoms. The van der Waals surface area contributed by atoms with Gasteiger partial charge in [-0.2, -0.15) is 0 Å². The van der Waals surface area contributed by atoms with Crippen molar-refractivity contribution in [2.45, 2.75) is 19.3 Å². The van der Waals surface area contributed by atoms with E-state index in [1.54, 1.807) is 12.4 Å². The molecule has 0 radical (unpaired) electrons. The Kier molecular flexibility index (Phi) is 3.50. The zero-order valence-electron chi connectivity index (χ0n) is 10.5. The van der Waals surface area contributed by atoms with Crippen LogP contribution in [-0.4, -0.2) is 42.5 Å². The first kappa shape index (κ1) is 11.6. The van der Waals surface area contributed by atoms with Crippen LogP contribution in [0.2, 0.25) is 0 Å². The third kappa shape index (κ3) is 2.51. The lowest BCUT2D eigenvalue weighted by atomic mass is 9.96. The van der Waals surface area contributed by atoms with Gasteiger partial charge in [0.25, 0.3) is 0 Å². The van der Waals surface area contributed by atoms with E-state index in [-0.39, 0.29) is 0 Å². The van der Waals surface area contributed by atoms with E-state index in [0.29, 0.717) is 0 Å². The summed E-state index contributed by atoms with van der Waals surface area (Å²) < 4.78 is 5.39. The minimum atomic E-state index is 0.746. The molecule has 0 spiro atoms. The van der Waals surface area contributed by atoms with Crippen molar-refractivity contribution in [1.29, 1.82) is 0 Å². The Hall–Kier alpha value is -1.49. The van der Waals surface area contributed by atoms with Gasteiger partial charge in [0.15, 0.2) is 11.6 Å². The summed E-state index contributed by atoms with van der Waals surface area (Å²) >= 11 is 0. The second-order valence-corrected chi connectivity index (χ2v) is 4.81. The number of ether oxygens (including phenoxy) is 1. The topological polar surface area (TPSA) is 50.6 Å². The summed E-state index contributed by atoms with van der Waals surface area (Å²) in [4.78, 5) is 15.2. The fourth-order valence-corrected chi connectivity index (χ4v) is 2.52. The third-order valence-corrected chi connectivity index (χ3v) is 3.62. The number of fused-ring (bicyclic) bond motifs is 1. The van der Waals surface area contributed by atoms with E-state index in [2.05, 4.69) is 19.9 Å². The summed E-state index contributed by atoms with van der Waals surface area (Å²) in [7, 11) is 0. The SMILES string of the molecule is C1=Nc2nccnc2N(CCC2CCOCC2)C1. The lowest BCUT2D eigenvalue weighted by Gasteiger charge is -2.28. The largest absolute Gasteiger partial charge is 0.381 e. The Balaban J connectivity index is 1.61. The number of aromatic nitrogens is 2. The molecular formula is C13H18N4O. The second-order valence-electron chi connectivity index (χ2n) is 4.81. The maximum absolute atomic E-state index is 5.39. The molecule has 2 aliphatic heterocycles. The van der Waals surface area contributed by atoms with E-state index in [0.717, 1.165) is 43.9 Å². The van der Waals surface area contributed by atoms with Crippen molar-refractivity contribution >= 4 is 17.9 Å². The number of aliphatic imine (C=N–C) groups is 1. The Labute approximate surface area is 107 Å². The molecule has 18 heavy (non-hydrogen) atoms. The van der Waals surface area contributed by atoms with Crippen LogP contribution < -0.4 is 4.90 Å². The van der Waals surface area contributed by atoms with Gasteiger partial charge in [0.1, 0.15) is 0 Å². The molecule has 0 bridgehead atoms. The molecule has 1 fully saturated rings. The monoisotopic (exact) mass is 246 g/mol. The van der Waals surface area contributed by atoms with Crippen LogP contribution in [0.15, 0.2) is 17.4 Å². The zero-order valence-corrected chi connectivity index (χ0v) is 10.5. The second kappa shape index (κ2) is 5.44. The number of anilines is 1. The van der Waals surface area contributed by atoms with E-state index in [9.17, 15) is 0 Å². The number of rotatable bonds is 3. The summed E-state index contributed by atoms with van der Waals surface area (Å²) in [5.41, 5.74) is 0. The standard InChI is InChI=1S/C13H18N4O/c1(11-2-9-18-10-3-11)7-17-8-6-15-12-13(17)16-5-4-14-12/h4-6,11H,1-3,7-10H2. The Bertz CT molecular complexity index is 429. The van der Waals surface area contributed by atoms with Crippen LogP contribution >= 0.6 is 0 Å². The van der Waals surface area contributed by atoms with Crippen LogP contribution in [0.3, 0.4) is 0 Å². The summed E-state index contributed by atoms with van der Waals surface area (Å²) in [5.74, 6) is 2.46. The maximum atomic E-state index is 5.39. The van der Waals surface area contributed by atoms with E-state index in [1.807, 2.05) is 6.21 Å². The van der Waals surface area contributed by atoms with Crippen LogP contribution in [0.25, 0.3) is 0 Å². The van der Waals surface area contributed by atoms with Crippen LogP contribution in [0.4, 0.5) is 11.6 Å². The van der Waals surface area contributed by atoms with Gasteiger partial charge in [-0.15, -0.1) is 0 Å². The van der Waals surface area contributed by atoms with Gasteiger partial charge in [0, 0.05) is 38.4 Å². The normalized spacial score (nSPS) is 19.9. The Morgan fingerprint density at radius 2 is 2.06 bits per heavy atom. The highest BCUT2D eigenvalue weighted by Gasteiger charge is 2.19. The van der Waals surface area contributed by atoms with Gasteiger partial charge in [-0.05, 0) is 25.2 Å². The van der Waals surface area contributed by atoms with Gasteiger partial charge in [-0.3, -0.25) is 0 Å². The van der Waals surface area contributed by atoms with Crippen molar-refractivity contribution in [2.75, 3.05) is 31.2 Å². The van der Waals surface area contributed by atoms with Crippen LogP contribution in [0.5, 0.6) is 0 Å². The molecule has 1 aromatic rings. The minimum Gasteiger partial charge on any atom is -0.381 e. The molecule has 3 rings (SSSR count). The fourth-order valence-electron chi connectivity index (χ4n) is 2.52. The highest BCUT2D eigenvalue weighted by atomic mass is 16.5. The average molecular weight is 246 g/mol. The molecule has 3 heterocycles. The summed E-state index contributed by atoms with van der Waals surface area (Å²) in [5, 5.41) is 0. The van der Waals surface area contributed by atoms with E-state index in [4.69, 9.17) is 4.74 Å². The average Bonchev–Trinajstić information content (AvgIpc) is 2.46. The molecule has 0 amide bonds. The quantitative estimate of drug-likeness (QED) is 0.816. The molecule has 0 aliphatic carbocycles. The third-order valence-electron chi connectivity index (χ3n) is 3.62. The summed E-state index contributed by atoms with van der Waals surface area (Å²) in [6, 6.07) is 0. The molecular weight excluding hydrogens is 228 g/mol. The predicted octanol–water partition coefficient (Wildman–Crippen LogP) is 1.82. The number of hydrogen-bond acceptors (Lipinski definition) is 5. The Morgan fingerprint density at radius 1 is 1.22 bits per heavy atom. The molecule has 5 nitrogen and oxygen atoms in total. The lowest BCUT2D eigenvalue weighted by Crippen LogP contribution is -2.31. The van der Waals surface area contributed by atoms with Gasteiger partial charge in [-0.1, -0.05) is 0 Å².